The molecule has 0 saturated carbocycles. The Morgan fingerprint density at radius 1 is 1.31 bits per heavy atom. The SMILES string of the molecule is C=CC(=O)N1C[C@@H]2C[C@H]1CN2c1ccc2ncc(C#N)c(Nc3cccc(Cl)c3F)c2n1. The maximum absolute atomic E-state index is 14.5. The highest BCUT2D eigenvalue weighted by Gasteiger charge is 2.45. The average molecular weight is 449 g/mol. The summed E-state index contributed by atoms with van der Waals surface area (Å²) in [5, 5.41) is 12.6. The van der Waals surface area contributed by atoms with Crippen molar-refractivity contribution in [3.63, 3.8) is 0 Å². The van der Waals surface area contributed by atoms with E-state index in [1.807, 2.05) is 17.0 Å². The predicted molar refractivity (Wildman–Crippen MR) is 120 cm³/mol. The number of carbonyl (C=O) groups excluding carboxylic acids is 1. The van der Waals surface area contributed by atoms with Crippen LogP contribution in [0.1, 0.15) is 12.0 Å². The van der Waals surface area contributed by atoms with E-state index in [4.69, 9.17) is 16.6 Å². The van der Waals surface area contributed by atoms with E-state index < -0.39 is 5.82 Å². The number of hydrogen-bond acceptors (Lipinski definition) is 6. The molecule has 0 unspecified atom stereocenters. The number of pyridine rings is 2. The number of nitriles is 1. The van der Waals surface area contributed by atoms with Gasteiger partial charge in [0.25, 0.3) is 0 Å². The number of fused-ring (bicyclic) bond motifs is 3. The summed E-state index contributed by atoms with van der Waals surface area (Å²) in [5.41, 5.74) is 1.79. The lowest BCUT2D eigenvalue weighted by atomic mass is 10.1. The van der Waals surface area contributed by atoms with Crippen molar-refractivity contribution in [2.75, 3.05) is 23.3 Å². The standard InChI is InChI=1S/C23H18ClFN6O/c1-2-20(32)31-12-14-8-15(31)11-30(14)19-7-6-18-23(29-19)22(13(9-26)10-27-18)28-17-5-3-4-16(24)21(17)25/h2-7,10,14-15H,1,8,11-12H2,(H,27,28)/t14-,15-/m0/s1. The number of hydrogen-bond donors (Lipinski definition) is 1. The predicted octanol–water partition coefficient (Wildman–Crippen LogP) is 4.01. The highest BCUT2D eigenvalue weighted by atomic mass is 35.5. The topological polar surface area (TPSA) is 85.2 Å². The van der Waals surface area contributed by atoms with Crippen molar-refractivity contribution in [2.24, 2.45) is 0 Å². The summed E-state index contributed by atoms with van der Waals surface area (Å²) in [6, 6.07) is 10.7. The van der Waals surface area contributed by atoms with Crippen LogP contribution in [0.5, 0.6) is 0 Å². The Labute approximate surface area is 188 Å². The van der Waals surface area contributed by atoms with Gasteiger partial charge in [0.15, 0.2) is 5.82 Å². The zero-order chi connectivity index (χ0) is 22.4. The van der Waals surface area contributed by atoms with Gasteiger partial charge in [0.2, 0.25) is 5.91 Å². The molecule has 1 aromatic carbocycles. The van der Waals surface area contributed by atoms with Crippen LogP contribution in [0.4, 0.5) is 21.6 Å². The molecule has 5 rings (SSSR count). The molecule has 0 radical (unpaired) electrons. The molecule has 1 amide bonds. The molecule has 4 heterocycles. The van der Waals surface area contributed by atoms with Crippen LogP contribution in [0, 0.1) is 17.1 Å². The van der Waals surface area contributed by atoms with Crippen LogP contribution in [-0.4, -0.2) is 45.9 Å². The van der Waals surface area contributed by atoms with Gasteiger partial charge in [-0.15, -0.1) is 0 Å². The number of rotatable bonds is 4. The van der Waals surface area contributed by atoms with Gasteiger partial charge in [0.1, 0.15) is 17.4 Å². The highest BCUT2D eigenvalue weighted by Crippen LogP contribution is 2.36. The molecule has 2 saturated heterocycles. The van der Waals surface area contributed by atoms with Gasteiger partial charge >= 0.3 is 0 Å². The molecule has 0 spiro atoms. The van der Waals surface area contributed by atoms with E-state index in [-0.39, 0.29) is 34.3 Å². The van der Waals surface area contributed by atoms with Crippen molar-refractivity contribution in [3.8, 4) is 6.07 Å². The molecule has 160 valence electrons. The molecule has 2 aromatic heterocycles. The van der Waals surface area contributed by atoms with E-state index in [0.29, 0.717) is 29.8 Å². The van der Waals surface area contributed by atoms with Gasteiger partial charge in [-0.3, -0.25) is 9.78 Å². The summed E-state index contributed by atoms with van der Waals surface area (Å²) in [7, 11) is 0. The molecule has 0 aliphatic carbocycles. The Balaban J connectivity index is 1.54. The summed E-state index contributed by atoms with van der Waals surface area (Å²) in [6.07, 6.45) is 3.65. The molecule has 9 heteroatoms. The van der Waals surface area contributed by atoms with E-state index in [1.54, 1.807) is 12.1 Å². The minimum atomic E-state index is -0.608. The van der Waals surface area contributed by atoms with Crippen LogP contribution in [0.2, 0.25) is 5.02 Å². The second-order valence-electron chi connectivity index (χ2n) is 7.81. The number of aromatic nitrogens is 2. The fourth-order valence-corrected chi connectivity index (χ4v) is 4.67. The molecule has 2 fully saturated rings. The zero-order valence-electron chi connectivity index (χ0n) is 16.9. The van der Waals surface area contributed by atoms with E-state index in [0.717, 1.165) is 12.2 Å². The van der Waals surface area contributed by atoms with Crippen LogP contribution >= 0.6 is 11.6 Å². The first-order chi connectivity index (χ1) is 15.5. The lowest BCUT2D eigenvalue weighted by molar-refractivity contribution is -0.127. The van der Waals surface area contributed by atoms with E-state index in [9.17, 15) is 14.4 Å². The first-order valence-electron chi connectivity index (χ1n) is 10.1. The Kier molecular flexibility index (Phi) is 4.91. The Hall–Kier alpha value is -3.70. The summed E-state index contributed by atoms with van der Waals surface area (Å²) < 4.78 is 14.5. The molecule has 2 aliphatic rings. The second kappa shape index (κ2) is 7.77. The highest BCUT2D eigenvalue weighted by molar-refractivity contribution is 6.31. The molecule has 7 nitrogen and oxygen atoms in total. The van der Waals surface area contributed by atoms with Gasteiger partial charge in [0.05, 0.1) is 39.6 Å². The summed E-state index contributed by atoms with van der Waals surface area (Å²) in [4.78, 5) is 25.2. The number of halogens is 2. The quantitative estimate of drug-likeness (QED) is 0.607. The van der Waals surface area contributed by atoms with Crippen LogP contribution in [-0.2, 0) is 4.79 Å². The Morgan fingerprint density at radius 3 is 2.88 bits per heavy atom. The zero-order valence-corrected chi connectivity index (χ0v) is 17.7. The summed E-state index contributed by atoms with van der Waals surface area (Å²) in [5.74, 6) is 0.0618. The molecule has 2 bridgehead atoms. The molecule has 32 heavy (non-hydrogen) atoms. The number of benzene rings is 1. The van der Waals surface area contributed by atoms with Gasteiger partial charge in [-0.2, -0.15) is 5.26 Å². The number of piperazine rings is 1. The number of likely N-dealkylation sites (tertiary alicyclic amines) is 1. The summed E-state index contributed by atoms with van der Waals surface area (Å²) >= 11 is 5.92. The molecule has 1 N–H and O–H groups in total. The van der Waals surface area contributed by atoms with Crippen LogP contribution in [0.3, 0.4) is 0 Å². The number of carbonyl (C=O) groups is 1. The third-order valence-electron chi connectivity index (χ3n) is 6.02. The Morgan fingerprint density at radius 2 is 2.16 bits per heavy atom. The van der Waals surface area contributed by atoms with E-state index in [2.05, 4.69) is 27.8 Å². The van der Waals surface area contributed by atoms with Crippen molar-refractivity contribution in [1.29, 1.82) is 5.26 Å². The maximum Gasteiger partial charge on any atom is 0.246 e. The second-order valence-corrected chi connectivity index (χ2v) is 8.22. The molecule has 2 aliphatic heterocycles. The number of nitrogens with zero attached hydrogens (tertiary/aromatic N) is 5. The van der Waals surface area contributed by atoms with E-state index >= 15 is 0 Å². The maximum atomic E-state index is 14.5. The van der Waals surface area contributed by atoms with Gasteiger partial charge < -0.3 is 15.1 Å². The molecular formula is C23H18ClFN6O. The van der Waals surface area contributed by atoms with Gasteiger partial charge in [-0.25, -0.2) is 9.37 Å². The lowest BCUT2D eigenvalue weighted by Gasteiger charge is -2.34. The van der Waals surface area contributed by atoms with Crippen LogP contribution in [0.15, 0.2) is 49.2 Å². The minimum Gasteiger partial charge on any atom is -0.350 e. The first-order valence-corrected chi connectivity index (χ1v) is 10.5. The third-order valence-corrected chi connectivity index (χ3v) is 6.31. The smallest absolute Gasteiger partial charge is 0.246 e. The van der Waals surface area contributed by atoms with E-state index in [1.165, 1.54) is 18.3 Å². The lowest BCUT2D eigenvalue weighted by Crippen LogP contribution is -2.48. The van der Waals surface area contributed by atoms with Crippen molar-refractivity contribution in [1.82, 2.24) is 14.9 Å². The monoisotopic (exact) mass is 448 g/mol. The van der Waals surface area contributed by atoms with Gasteiger partial charge in [-0.05, 0) is 36.8 Å². The molecule has 3 aromatic rings. The van der Waals surface area contributed by atoms with Crippen LogP contribution in [0.25, 0.3) is 11.0 Å². The molecule has 2 atom stereocenters. The summed E-state index contributed by atoms with van der Waals surface area (Å²) in [6.45, 7) is 4.86. The Bertz CT molecular complexity index is 1310. The average Bonchev–Trinajstić information content (AvgIpc) is 3.42. The minimum absolute atomic E-state index is 0.0211. The van der Waals surface area contributed by atoms with Crippen molar-refractivity contribution in [2.45, 2.75) is 18.5 Å². The third kappa shape index (κ3) is 3.22. The normalized spacial score (nSPS) is 19.3. The van der Waals surface area contributed by atoms with Gasteiger partial charge in [-0.1, -0.05) is 24.2 Å². The van der Waals surface area contributed by atoms with Crippen LogP contribution < -0.4 is 10.2 Å². The van der Waals surface area contributed by atoms with Crippen molar-refractivity contribution < 1.29 is 9.18 Å². The number of amides is 1. The van der Waals surface area contributed by atoms with Gasteiger partial charge in [0, 0.05) is 19.3 Å². The van der Waals surface area contributed by atoms with Crippen molar-refractivity contribution in [3.05, 3.63) is 65.6 Å². The fraction of sp³-hybridized carbons (Fsp3) is 0.217. The number of nitrogens with one attached hydrogen (secondary N) is 1. The largest absolute Gasteiger partial charge is 0.350 e. The fourth-order valence-electron chi connectivity index (χ4n) is 4.50. The van der Waals surface area contributed by atoms with Crippen molar-refractivity contribution >= 4 is 45.7 Å². The molecular weight excluding hydrogens is 431 g/mol. The first kappa shape index (κ1) is 20.2. The number of anilines is 3.